The monoisotopic (exact) mass is 235 g/mol. The minimum atomic E-state index is -2.27. The van der Waals surface area contributed by atoms with E-state index in [-0.39, 0.29) is 6.04 Å². The molecule has 0 N–H and O–H groups in total. The zero-order valence-electron chi connectivity index (χ0n) is 9.33. The zero-order valence-corrected chi connectivity index (χ0v) is 11.0. The Labute approximate surface area is 91.8 Å². The number of allylic oxidation sites excluding steroid dienone is 2. The third kappa shape index (κ3) is 4.97. The van der Waals surface area contributed by atoms with Gasteiger partial charge in [-0.2, -0.15) is 0 Å². The molecule has 0 heterocycles. The smallest absolute Gasteiger partial charge is 0.126 e. The van der Waals surface area contributed by atoms with Gasteiger partial charge in [0.1, 0.15) is 7.14 Å². The van der Waals surface area contributed by atoms with Gasteiger partial charge >= 0.3 is 0 Å². The van der Waals surface area contributed by atoms with Gasteiger partial charge < -0.3 is 4.57 Å². The predicted octanol–water partition coefficient (Wildman–Crippen LogP) is 3.60. The molecule has 0 aromatic rings. The first kappa shape index (κ1) is 13.9. The topological polar surface area (TPSA) is 29.4 Å². The lowest BCUT2D eigenvalue weighted by atomic mass is 10.3. The number of hydrogen-bond acceptors (Lipinski definition) is 2. The Bertz CT molecular complexity index is 263. The van der Waals surface area contributed by atoms with Crippen molar-refractivity contribution < 1.29 is 4.57 Å². The molecule has 0 aliphatic carbocycles. The van der Waals surface area contributed by atoms with Crippen LogP contribution in [-0.2, 0) is 4.57 Å². The van der Waals surface area contributed by atoms with Crippen molar-refractivity contribution in [2.75, 3.05) is 19.2 Å². The van der Waals surface area contributed by atoms with Crippen molar-refractivity contribution in [2.24, 2.45) is 4.99 Å². The second kappa shape index (κ2) is 6.42. The van der Waals surface area contributed by atoms with Gasteiger partial charge in [-0.15, -0.1) is 11.6 Å². The van der Waals surface area contributed by atoms with Crippen molar-refractivity contribution in [3.63, 3.8) is 0 Å². The minimum Gasteiger partial charge on any atom is -0.318 e. The van der Waals surface area contributed by atoms with Gasteiger partial charge in [0.05, 0.1) is 11.5 Å². The van der Waals surface area contributed by atoms with E-state index >= 15 is 0 Å². The number of nitrogens with zero attached hydrogens (tertiary/aromatic N) is 1. The van der Waals surface area contributed by atoms with Crippen molar-refractivity contribution >= 4 is 24.2 Å². The molecule has 0 aliphatic heterocycles. The summed E-state index contributed by atoms with van der Waals surface area (Å²) in [5.41, 5.74) is 0.688. The molecule has 0 saturated carbocycles. The maximum Gasteiger partial charge on any atom is 0.126 e. The fraction of sp³-hybridized carbons (Fsp3) is 0.700. The lowest BCUT2D eigenvalue weighted by molar-refractivity contribution is 0.589. The highest BCUT2D eigenvalue weighted by Gasteiger charge is 2.15. The number of rotatable bonds is 5. The molecule has 0 rings (SSSR count). The molecule has 2 nitrogen and oxygen atoms in total. The Kier molecular flexibility index (Phi) is 6.39. The van der Waals surface area contributed by atoms with E-state index in [1.807, 2.05) is 26.0 Å². The van der Waals surface area contributed by atoms with E-state index in [0.29, 0.717) is 11.3 Å². The molecule has 0 radical (unpaired) electrons. The van der Waals surface area contributed by atoms with Gasteiger partial charge in [-0.1, -0.05) is 13.0 Å². The number of halogens is 1. The molecule has 0 fully saturated rings. The summed E-state index contributed by atoms with van der Waals surface area (Å²) in [4.78, 5) is 4.41. The Hall–Kier alpha value is -0.0700. The average molecular weight is 236 g/mol. The molecule has 1 unspecified atom stereocenters. The third-order valence-corrected chi connectivity index (χ3v) is 3.56. The third-order valence-electron chi connectivity index (χ3n) is 1.83. The molecule has 0 saturated heterocycles. The molecule has 0 aliphatic rings. The zero-order chi connectivity index (χ0) is 11.2. The maximum atomic E-state index is 11.8. The lowest BCUT2D eigenvalue weighted by Crippen LogP contribution is -2.08. The molecular formula is C10H19ClNOP. The summed E-state index contributed by atoms with van der Waals surface area (Å²) < 4.78 is 11.8. The summed E-state index contributed by atoms with van der Waals surface area (Å²) in [6.45, 7) is 7.38. The van der Waals surface area contributed by atoms with Crippen LogP contribution in [-0.4, -0.2) is 30.7 Å². The molecule has 1 atom stereocenters. The summed E-state index contributed by atoms with van der Waals surface area (Å²) in [6, 6.07) is 0.0797. The summed E-state index contributed by atoms with van der Waals surface area (Å²) in [6.07, 6.45) is 4.56. The molecule has 0 aromatic carbocycles. The number of hydrogen-bond donors (Lipinski definition) is 0. The number of alkyl halides is 1. The van der Waals surface area contributed by atoms with Crippen molar-refractivity contribution in [2.45, 2.75) is 26.3 Å². The first-order valence-corrected chi connectivity index (χ1v) is 7.91. The van der Waals surface area contributed by atoms with E-state index in [1.165, 1.54) is 0 Å². The predicted molar refractivity (Wildman–Crippen MR) is 66.5 cm³/mol. The molecule has 0 spiro atoms. The molecule has 4 heteroatoms. The van der Waals surface area contributed by atoms with Crippen LogP contribution in [0.5, 0.6) is 0 Å². The van der Waals surface area contributed by atoms with Crippen LogP contribution in [0.2, 0.25) is 0 Å². The van der Waals surface area contributed by atoms with Crippen LogP contribution in [0.3, 0.4) is 0 Å². The Morgan fingerprint density at radius 3 is 2.43 bits per heavy atom. The molecule has 14 heavy (non-hydrogen) atoms. The Balaban J connectivity index is 4.90. The first-order valence-electron chi connectivity index (χ1n) is 4.77. The fourth-order valence-corrected chi connectivity index (χ4v) is 2.17. The largest absolute Gasteiger partial charge is 0.318 e. The van der Waals surface area contributed by atoms with Gasteiger partial charge in [-0.3, -0.25) is 4.99 Å². The van der Waals surface area contributed by atoms with Crippen LogP contribution in [0.25, 0.3) is 0 Å². The van der Waals surface area contributed by atoms with E-state index in [2.05, 4.69) is 4.99 Å². The second-order valence-corrected chi connectivity index (χ2v) is 7.02. The highest BCUT2D eigenvalue weighted by molar-refractivity contribution is 7.80. The van der Waals surface area contributed by atoms with Crippen molar-refractivity contribution in [3.05, 3.63) is 12.2 Å². The maximum absolute atomic E-state index is 11.8. The van der Waals surface area contributed by atoms with E-state index in [4.69, 9.17) is 11.6 Å². The van der Waals surface area contributed by atoms with E-state index in [1.54, 1.807) is 13.3 Å². The fourth-order valence-electron chi connectivity index (χ4n) is 0.933. The van der Waals surface area contributed by atoms with Crippen LogP contribution < -0.4 is 0 Å². The van der Waals surface area contributed by atoms with Gasteiger partial charge in [0.15, 0.2) is 0 Å². The average Bonchev–Trinajstić information content (AvgIpc) is 2.10. The quantitative estimate of drug-likeness (QED) is 0.407. The molecule has 82 valence electrons. The van der Waals surface area contributed by atoms with E-state index < -0.39 is 7.14 Å². The van der Waals surface area contributed by atoms with Crippen LogP contribution in [0.1, 0.15) is 20.3 Å². The van der Waals surface area contributed by atoms with Crippen LogP contribution in [0, 0.1) is 0 Å². The molecule has 0 aromatic heterocycles. The van der Waals surface area contributed by atoms with Gasteiger partial charge in [0, 0.05) is 5.88 Å². The van der Waals surface area contributed by atoms with Gasteiger partial charge in [0.2, 0.25) is 0 Å². The molecule has 0 amide bonds. The Morgan fingerprint density at radius 2 is 2.14 bits per heavy atom. The Morgan fingerprint density at radius 1 is 1.57 bits per heavy atom. The van der Waals surface area contributed by atoms with E-state index in [0.717, 1.165) is 6.42 Å². The van der Waals surface area contributed by atoms with Crippen molar-refractivity contribution in [1.29, 1.82) is 0 Å². The minimum absolute atomic E-state index is 0.0797. The summed E-state index contributed by atoms with van der Waals surface area (Å²) in [5, 5.41) is 0. The first-order chi connectivity index (χ1) is 6.45. The van der Waals surface area contributed by atoms with Crippen molar-refractivity contribution in [3.8, 4) is 0 Å². The van der Waals surface area contributed by atoms with Crippen LogP contribution >= 0.6 is 18.7 Å². The van der Waals surface area contributed by atoms with Crippen molar-refractivity contribution in [1.82, 2.24) is 0 Å². The van der Waals surface area contributed by atoms with Gasteiger partial charge in [-0.05, 0) is 32.8 Å². The standard InChI is InChI=1S/C10H19ClNOP/c1-5-7-10(14(3,4)13)12-9(6-2)8-11/h5,7,9H,6,8H2,1-4H3/b7-5-,12-10?. The summed E-state index contributed by atoms with van der Waals surface area (Å²) >= 11 is 5.74. The van der Waals surface area contributed by atoms with Gasteiger partial charge in [-0.25, -0.2) is 0 Å². The second-order valence-electron chi connectivity index (χ2n) is 3.55. The van der Waals surface area contributed by atoms with Crippen LogP contribution in [0.4, 0.5) is 0 Å². The molecule has 0 bridgehead atoms. The summed E-state index contributed by atoms with van der Waals surface area (Å²) in [5.74, 6) is 0.484. The SMILES string of the molecule is C/C=C\C(=NC(CC)CCl)P(C)(C)=O. The highest BCUT2D eigenvalue weighted by Crippen LogP contribution is 2.39. The molecular weight excluding hydrogens is 217 g/mol. The number of aliphatic imine (C=N–C) groups is 1. The lowest BCUT2D eigenvalue weighted by Gasteiger charge is -2.11. The van der Waals surface area contributed by atoms with Gasteiger partial charge in [0.25, 0.3) is 0 Å². The van der Waals surface area contributed by atoms with Crippen LogP contribution in [0.15, 0.2) is 17.1 Å². The summed E-state index contributed by atoms with van der Waals surface area (Å²) in [7, 11) is -2.27. The van der Waals surface area contributed by atoms with E-state index in [9.17, 15) is 4.57 Å². The highest BCUT2D eigenvalue weighted by atomic mass is 35.5. The normalized spacial score (nSPS) is 16.2.